The summed E-state index contributed by atoms with van der Waals surface area (Å²) in [5.41, 5.74) is 4.03. The molecule has 2 N–H and O–H groups in total. The van der Waals surface area contributed by atoms with E-state index in [1.165, 1.54) is 5.56 Å². The van der Waals surface area contributed by atoms with Gasteiger partial charge < -0.3 is 10.6 Å². The van der Waals surface area contributed by atoms with Gasteiger partial charge in [-0.05, 0) is 61.2 Å². The summed E-state index contributed by atoms with van der Waals surface area (Å²) in [6, 6.07) is 28.0. The third-order valence-corrected chi connectivity index (χ3v) is 6.20. The highest BCUT2D eigenvalue weighted by atomic mass is 35.5. The lowest BCUT2D eigenvalue weighted by Gasteiger charge is -2.33. The summed E-state index contributed by atoms with van der Waals surface area (Å²) >= 11 is 6.10. The smallest absolute Gasteiger partial charge is 0.217 e. The van der Waals surface area contributed by atoms with Gasteiger partial charge in [-0.25, -0.2) is 0 Å². The molecule has 3 aromatic rings. The molecule has 3 rings (SSSR count). The number of hydrogen-bond acceptors (Lipinski definition) is 3. The molecule has 0 aromatic heterocycles. The second-order valence-corrected chi connectivity index (χ2v) is 8.94. The van der Waals surface area contributed by atoms with Crippen LogP contribution in [0.3, 0.4) is 0 Å². The molecule has 33 heavy (non-hydrogen) atoms. The van der Waals surface area contributed by atoms with Gasteiger partial charge in [-0.3, -0.25) is 4.79 Å². The van der Waals surface area contributed by atoms with Gasteiger partial charge in [0.1, 0.15) is 0 Å². The van der Waals surface area contributed by atoms with Gasteiger partial charge in [0.05, 0.1) is 17.7 Å². The predicted octanol–water partition coefficient (Wildman–Crippen LogP) is 5.78. The van der Waals surface area contributed by atoms with Crippen LogP contribution in [-0.2, 0) is 11.2 Å². The highest BCUT2D eigenvalue weighted by Crippen LogP contribution is 2.29. The van der Waals surface area contributed by atoms with Crippen LogP contribution in [0.25, 0.3) is 0 Å². The molecule has 0 saturated carbocycles. The van der Waals surface area contributed by atoms with Crippen molar-refractivity contribution >= 4 is 17.5 Å². The van der Waals surface area contributed by atoms with E-state index in [1.807, 2.05) is 67.6 Å². The summed E-state index contributed by atoms with van der Waals surface area (Å²) < 4.78 is 0. The number of carbonyl (C=O) groups excluding carboxylic acids is 1. The van der Waals surface area contributed by atoms with Crippen LogP contribution in [0.2, 0.25) is 5.02 Å². The minimum absolute atomic E-state index is 0.0519. The van der Waals surface area contributed by atoms with Crippen molar-refractivity contribution in [3.8, 4) is 6.07 Å². The summed E-state index contributed by atoms with van der Waals surface area (Å²) in [6.07, 6.45) is 0.788. The maximum atomic E-state index is 11.8. The molecule has 0 saturated heterocycles. The zero-order chi connectivity index (χ0) is 23.8. The molecular weight excluding hydrogens is 430 g/mol. The Bertz CT molecular complexity index is 1090. The molecule has 1 amide bonds. The number of nitrogens with zero attached hydrogens (tertiary/aromatic N) is 1. The van der Waals surface area contributed by atoms with Crippen LogP contribution in [0.1, 0.15) is 55.0 Å². The molecule has 4 nitrogen and oxygen atoms in total. The van der Waals surface area contributed by atoms with Crippen LogP contribution in [0.15, 0.2) is 78.9 Å². The minimum atomic E-state index is -0.103. The van der Waals surface area contributed by atoms with Crippen LogP contribution in [0.4, 0.5) is 0 Å². The Balaban J connectivity index is 1.94. The summed E-state index contributed by atoms with van der Waals surface area (Å²) in [4.78, 5) is 11.8. The van der Waals surface area contributed by atoms with Crippen molar-refractivity contribution in [1.29, 1.82) is 5.26 Å². The Morgan fingerprint density at radius 3 is 2.24 bits per heavy atom. The lowest BCUT2D eigenvalue weighted by atomic mass is 9.85. The Labute approximate surface area is 201 Å². The lowest BCUT2D eigenvalue weighted by Crippen LogP contribution is -2.46. The van der Waals surface area contributed by atoms with E-state index < -0.39 is 0 Å². The SMILES string of the molecule is CC(=O)NC(C)C(N[C@@H](C)[C@@H](Cc1ccc(Cl)cc1)c1cccc(C#N)c1)c1ccccc1. The molecule has 5 heteroatoms. The molecular formula is C28H30ClN3O. The maximum absolute atomic E-state index is 11.8. The molecule has 0 aliphatic heterocycles. The molecule has 0 spiro atoms. The van der Waals surface area contributed by atoms with Crippen LogP contribution in [0, 0.1) is 11.3 Å². The van der Waals surface area contributed by atoms with E-state index in [9.17, 15) is 10.1 Å². The fourth-order valence-electron chi connectivity index (χ4n) is 4.29. The zero-order valence-electron chi connectivity index (χ0n) is 19.3. The predicted molar refractivity (Wildman–Crippen MR) is 134 cm³/mol. The van der Waals surface area contributed by atoms with E-state index in [0.29, 0.717) is 10.6 Å². The molecule has 0 radical (unpaired) electrons. The van der Waals surface area contributed by atoms with Gasteiger partial charge in [-0.15, -0.1) is 0 Å². The number of nitrogens with one attached hydrogen (secondary N) is 2. The van der Waals surface area contributed by atoms with E-state index in [1.54, 1.807) is 6.92 Å². The van der Waals surface area contributed by atoms with Crippen molar-refractivity contribution < 1.29 is 4.79 Å². The van der Waals surface area contributed by atoms with Crippen LogP contribution in [0.5, 0.6) is 0 Å². The van der Waals surface area contributed by atoms with Crippen molar-refractivity contribution in [3.05, 3.63) is 106 Å². The normalized spacial score (nSPS) is 14.5. The van der Waals surface area contributed by atoms with E-state index in [0.717, 1.165) is 17.5 Å². The molecule has 0 aliphatic rings. The van der Waals surface area contributed by atoms with Gasteiger partial charge in [0.15, 0.2) is 0 Å². The minimum Gasteiger partial charge on any atom is -0.352 e. The highest BCUT2D eigenvalue weighted by molar-refractivity contribution is 6.30. The van der Waals surface area contributed by atoms with Gasteiger partial charge in [0.2, 0.25) is 5.91 Å². The van der Waals surface area contributed by atoms with Crippen molar-refractivity contribution in [2.45, 2.75) is 51.2 Å². The Morgan fingerprint density at radius 1 is 0.939 bits per heavy atom. The van der Waals surface area contributed by atoms with E-state index in [-0.39, 0.29) is 30.0 Å². The lowest BCUT2D eigenvalue weighted by molar-refractivity contribution is -0.119. The Kier molecular flexibility index (Phi) is 8.65. The first-order valence-electron chi connectivity index (χ1n) is 11.2. The number of halogens is 1. The molecule has 3 aromatic carbocycles. The van der Waals surface area contributed by atoms with Gasteiger partial charge in [0, 0.05) is 29.9 Å². The molecule has 0 heterocycles. The number of amides is 1. The van der Waals surface area contributed by atoms with Gasteiger partial charge in [-0.2, -0.15) is 5.26 Å². The van der Waals surface area contributed by atoms with E-state index in [2.05, 4.69) is 41.8 Å². The molecule has 2 unspecified atom stereocenters. The second kappa shape index (κ2) is 11.7. The fraction of sp³-hybridized carbons (Fsp3) is 0.286. The first kappa shape index (κ1) is 24.5. The van der Waals surface area contributed by atoms with Crippen molar-refractivity contribution in [2.24, 2.45) is 0 Å². The number of benzene rings is 3. The van der Waals surface area contributed by atoms with E-state index in [4.69, 9.17) is 11.6 Å². The van der Waals surface area contributed by atoms with Crippen LogP contribution >= 0.6 is 11.6 Å². The van der Waals surface area contributed by atoms with Crippen LogP contribution in [-0.4, -0.2) is 18.0 Å². The van der Waals surface area contributed by atoms with Crippen molar-refractivity contribution in [2.75, 3.05) is 0 Å². The second-order valence-electron chi connectivity index (χ2n) is 8.51. The van der Waals surface area contributed by atoms with Gasteiger partial charge in [0.25, 0.3) is 0 Å². The number of rotatable bonds is 9. The summed E-state index contributed by atoms with van der Waals surface area (Å²) in [5.74, 6) is 0.0486. The largest absolute Gasteiger partial charge is 0.352 e. The number of hydrogen-bond donors (Lipinski definition) is 2. The molecule has 0 aliphatic carbocycles. The number of carbonyl (C=O) groups is 1. The van der Waals surface area contributed by atoms with Crippen molar-refractivity contribution in [3.63, 3.8) is 0 Å². The summed E-state index contributed by atoms with van der Waals surface area (Å²) in [5, 5.41) is 17.0. The third kappa shape index (κ3) is 6.92. The average molecular weight is 460 g/mol. The topological polar surface area (TPSA) is 64.9 Å². The Morgan fingerprint density at radius 2 is 1.61 bits per heavy atom. The highest BCUT2D eigenvalue weighted by Gasteiger charge is 2.27. The molecule has 4 atom stereocenters. The van der Waals surface area contributed by atoms with Crippen molar-refractivity contribution in [1.82, 2.24) is 10.6 Å². The van der Waals surface area contributed by atoms with E-state index >= 15 is 0 Å². The first-order chi connectivity index (χ1) is 15.9. The maximum Gasteiger partial charge on any atom is 0.217 e. The first-order valence-corrected chi connectivity index (χ1v) is 11.6. The number of nitriles is 1. The molecule has 0 fully saturated rings. The molecule has 170 valence electrons. The van der Waals surface area contributed by atoms with Gasteiger partial charge >= 0.3 is 0 Å². The quantitative estimate of drug-likeness (QED) is 0.426. The monoisotopic (exact) mass is 459 g/mol. The fourth-order valence-corrected chi connectivity index (χ4v) is 4.42. The average Bonchev–Trinajstić information content (AvgIpc) is 2.82. The van der Waals surface area contributed by atoms with Crippen LogP contribution < -0.4 is 10.6 Å². The standard InChI is InChI=1S/C28H30ClN3O/c1-19(32-28(20(2)31-21(3)33)24-9-5-4-6-10-24)27(17-22-12-14-26(29)15-13-22)25-11-7-8-23(16-25)18-30/h4-16,19-20,27-28,32H,17H2,1-3H3,(H,31,33)/t19-,20?,27+,28?/m0/s1. The zero-order valence-corrected chi connectivity index (χ0v) is 20.0. The van der Waals surface area contributed by atoms with Gasteiger partial charge in [-0.1, -0.05) is 66.2 Å². The summed E-state index contributed by atoms with van der Waals surface area (Å²) in [7, 11) is 0. The molecule has 0 bridgehead atoms. The Hall–Kier alpha value is -3.13. The summed E-state index contributed by atoms with van der Waals surface area (Å²) in [6.45, 7) is 5.72. The third-order valence-electron chi connectivity index (χ3n) is 5.95.